The first-order valence-corrected chi connectivity index (χ1v) is 14.6. The summed E-state index contributed by atoms with van der Waals surface area (Å²) < 4.78 is 16.9. The zero-order chi connectivity index (χ0) is 8.74. The monoisotopic (exact) mass is 356 g/mol. The summed E-state index contributed by atoms with van der Waals surface area (Å²) in [7, 11) is 0. The molecule has 0 atom stereocenters. The summed E-state index contributed by atoms with van der Waals surface area (Å²) >= 11 is -3.09. The molecule has 0 fully saturated rings. The van der Waals surface area contributed by atoms with Crippen molar-refractivity contribution in [3.8, 4) is 0 Å². The molecule has 0 aliphatic carbocycles. The van der Waals surface area contributed by atoms with Crippen LogP contribution in [0.1, 0.15) is 40.0 Å². The Bertz CT molecular complexity index is 76.5. The van der Waals surface area contributed by atoms with Crippen LogP contribution in [0.3, 0.4) is 0 Å². The summed E-state index contributed by atoms with van der Waals surface area (Å²) in [4.78, 5) is 0. The van der Waals surface area contributed by atoms with Crippen LogP contribution in [0, 0.1) is 0 Å². The molecule has 0 nitrogen and oxygen atoms in total. The van der Waals surface area contributed by atoms with Gasteiger partial charge in [-0.05, 0) is 0 Å². The van der Waals surface area contributed by atoms with Crippen LogP contribution in [0.4, 0.5) is 2.51 Å². The van der Waals surface area contributed by atoms with E-state index < -0.39 is 21.8 Å². The van der Waals surface area contributed by atoms with Crippen LogP contribution < -0.4 is 0 Å². The van der Waals surface area contributed by atoms with Gasteiger partial charge in [0.2, 0.25) is 0 Å². The number of halogens is 1. The van der Waals surface area contributed by atoms with Crippen molar-refractivity contribution < 1.29 is 2.51 Å². The van der Waals surface area contributed by atoms with Gasteiger partial charge in [0.1, 0.15) is 0 Å². The molecule has 0 radical (unpaired) electrons. The molecule has 68 valence electrons. The minimum absolute atomic E-state index is 0.967. The molecule has 0 aliphatic heterocycles. The van der Waals surface area contributed by atoms with Gasteiger partial charge >= 0.3 is 76.3 Å². The van der Waals surface area contributed by atoms with E-state index in [1.165, 1.54) is 0 Å². The normalized spacial score (nSPS) is 12.0. The minimum atomic E-state index is -3.09. The Morgan fingerprint density at radius 1 is 0.818 bits per heavy atom. The molecule has 0 amide bonds. The van der Waals surface area contributed by atoms with Gasteiger partial charge in [0.05, 0.1) is 0 Å². The van der Waals surface area contributed by atoms with Crippen molar-refractivity contribution in [1.29, 1.82) is 0 Å². The maximum absolute atomic E-state index is 14.0. The summed E-state index contributed by atoms with van der Waals surface area (Å²) in [6.07, 6.45) is 3.20. The van der Waals surface area contributed by atoms with E-state index in [2.05, 4.69) is 20.8 Å². The topological polar surface area (TPSA) is 0 Å². The zero-order valence-corrected chi connectivity index (χ0v) is 12.0. The average molecular weight is 355 g/mol. The first-order valence-electron chi connectivity index (χ1n) is 4.87. The molecule has 0 saturated heterocycles. The van der Waals surface area contributed by atoms with Crippen molar-refractivity contribution >= 4 is 21.8 Å². The fourth-order valence-corrected chi connectivity index (χ4v) is 15.1. The van der Waals surface area contributed by atoms with Crippen LogP contribution in [-0.4, -0.2) is 21.8 Å². The van der Waals surface area contributed by atoms with E-state index in [4.69, 9.17) is 0 Å². The van der Waals surface area contributed by atoms with E-state index in [0.29, 0.717) is 0 Å². The Hall–Kier alpha value is 0.852. The summed E-state index contributed by atoms with van der Waals surface area (Å²) in [5.74, 6) is 0. The summed E-state index contributed by atoms with van der Waals surface area (Å²) in [6.45, 7) is 6.33. The molecule has 0 unspecified atom stereocenters. The Kier molecular flexibility index (Phi) is 6.87. The molecule has 0 N–H and O–H groups in total. The Labute approximate surface area is 76.2 Å². The second-order valence-electron chi connectivity index (χ2n) is 3.40. The third kappa shape index (κ3) is 5.15. The van der Waals surface area contributed by atoms with E-state index >= 15 is 0 Å². The van der Waals surface area contributed by atoms with Crippen molar-refractivity contribution in [3.63, 3.8) is 0 Å². The molecule has 2 heteroatoms. The zero-order valence-electron chi connectivity index (χ0n) is 8.12. The fourth-order valence-electron chi connectivity index (χ4n) is 1.72. The van der Waals surface area contributed by atoms with Gasteiger partial charge in [0, 0.05) is 0 Å². The van der Waals surface area contributed by atoms with Gasteiger partial charge in [0.15, 0.2) is 0 Å². The number of hydrogen-bond donors (Lipinski definition) is 0. The van der Waals surface area contributed by atoms with Crippen molar-refractivity contribution in [3.05, 3.63) is 0 Å². The van der Waals surface area contributed by atoms with E-state index in [1.54, 1.807) is 0 Å². The molecule has 0 aromatic rings. The predicted octanol–water partition coefficient (Wildman–Crippen LogP) is 4.13. The third-order valence-corrected chi connectivity index (χ3v) is 18.4. The molecule has 0 spiro atoms. The second kappa shape index (κ2) is 6.38. The molecule has 0 saturated carbocycles. The molecule has 0 rings (SSSR count). The van der Waals surface area contributed by atoms with Crippen LogP contribution in [0.25, 0.3) is 0 Å². The first kappa shape index (κ1) is 11.9. The molecule has 0 aromatic carbocycles. The Morgan fingerprint density at radius 3 is 1.27 bits per heavy atom. The molecule has 0 heterocycles. The quantitative estimate of drug-likeness (QED) is 0.629. The maximum atomic E-state index is 14.0. The molecule has 0 aromatic heterocycles. The first-order chi connectivity index (χ1) is 5.18. The van der Waals surface area contributed by atoms with E-state index in [9.17, 15) is 2.51 Å². The van der Waals surface area contributed by atoms with Gasteiger partial charge in [-0.3, -0.25) is 0 Å². The summed E-state index contributed by atoms with van der Waals surface area (Å²) in [6, 6.07) is 0. The van der Waals surface area contributed by atoms with E-state index in [0.717, 1.165) is 31.2 Å². The van der Waals surface area contributed by atoms with Gasteiger partial charge in [-0.15, -0.1) is 0 Å². The van der Waals surface area contributed by atoms with E-state index in [-0.39, 0.29) is 0 Å². The standard InChI is InChI=1S/3C3H7.FH.Pb/c3*1-3-2;;/h3*1,3H2,2H3;1H;/q;;;;+1/p-1. The summed E-state index contributed by atoms with van der Waals surface area (Å²) in [5, 5.41) is 0. The van der Waals surface area contributed by atoms with Crippen molar-refractivity contribution in [2.75, 3.05) is 0 Å². The van der Waals surface area contributed by atoms with Gasteiger partial charge in [-0.1, -0.05) is 0 Å². The molecule has 0 bridgehead atoms. The SMILES string of the molecule is CC[CH2][Pb]([F])([CH2]CC)[CH2]CC. The molecule has 0 aliphatic rings. The van der Waals surface area contributed by atoms with Gasteiger partial charge in [-0.25, -0.2) is 0 Å². The van der Waals surface area contributed by atoms with Crippen LogP contribution in [0.15, 0.2) is 0 Å². The van der Waals surface area contributed by atoms with Gasteiger partial charge < -0.3 is 0 Å². The second-order valence-corrected chi connectivity index (χ2v) is 18.2. The van der Waals surface area contributed by atoms with Crippen LogP contribution >= 0.6 is 0 Å². The van der Waals surface area contributed by atoms with Crippen LogP contribution in [-0.2, 0) is 0 Å². The van der Waals surface area contributed by atoms with Crippen LogP contribution in [0.2, 0.25) is 11.9 Å². The van der Waals surface area contributed by atoms with Crippen molar-refractivity contribution in [2.45, 2.75) is 52.0 Å². The fraction of sp³-hybridized carbons (Fsp3) is 1.00. The summed E-state index contributed by atoms with van der Waals surface area (Å²) in [5.41, 5.74) is 0. The Balaban J connectivity index is 3.79. The van der Waals surface area contributed by atoms with Crippen molar-refractivity contribution in [1.82, 2.24) is 0 Å². The van der Waals surface area contributed by atoms with E-state index in [1.807, 2.05) is 0 Å². The average Bonchev–Trinajstić information content (AvgIpc) is 1.88. The third-order valence-electron chi connectivity index (χ3n) is 2.09. The molecular weight excluding hydrogens is 334 g/mol. The number of rotatable bonds is 6. The number of hydrogen-bond acceptors (Lipinski definition) is 0. The van der Waals surface area contributed by atoms with Gasteiger partial charge in [-0.2, -0.15) is 0 Å². The van der Waals surface area contributed by atoms with Crippen LogP contribution in [0.5, 0.6) is 0 Å². The predicted molar refractivity (Wildman–Crippen MR) is 52.2 cm³/mol. The molecular formula is C9H21FPb. The molecule has 11 heavy (non-hydrogen) atoms. The van der Waals surface area contributed by atoms with Crippen molar-refractivity contribution in [2.24, 2.45) is 0 Å². The Morgan fingerprint density at radius 2 is 1.09 bits per heavy atom. The van der Waals surface area contributed by atoms with Gasteiger partial charge in [0.25, 0.3) is 0 Å².